The molecule has 0 atom stereocenters. The molecule has 0 unspecified atom stereocenters. The van der Waals surface area contributed by atoms with Crippen LogP contribution in [0.15, 0.2) is 83.0 Å². The van der Waals surface area contributed by atoms with Gasteiger partial charge in [0.2, 0.25) is 5.75 Å². The lowest BCUT2D eigenvalue weighted by Crippen LogP contribution is -2.05. The first-order valence-corrected chi connectivity index (χ1v) is 10.1. The van der Waals surface area contributed by atoms with Crippen molar-refractivity contribution < 1.29 is 14.6 Å². The van der Waals surface area contributed by atoms with E-state index in [1.807, 2.05) is 30.3 Å². The van der Waals surface area contributed by atoms with Crippen molar-refractivity contribution >= 4 is 34.5 Å². The standard InChI is InChI=1S/C21H17N5O5S/c22-21(32-14-16-4-2-1-3-5-16)24-23-13-15-6-9-18(10-7-15)31-20-11-8-17(25(27)28)12-19(20)26(29)30/h1-13H,14H2,(H2,22,24). The summed E-state index contributed by atoms with van der Waals surface area (Å²) in [4.78, 5) is 20.6. The molecule has 0 bridgehead atoms. The van der Waals surface area contributed by atoms with Gasteiger partial charge in [-0.05, 0) is 41.5 Å². The van der Waals surface area contributed by atoms with Crippen LogP contribution < -0.4 is 10.5 Å². The van der Waals surface area contributed by atoms with Gasteiger partial charge in [0.25, 0.3) is 5.69 Å². The van der Waals surface area contributed by atoms with Crippen LogP contribution in [-0.4, -0.2) is 21.2 Å². The number of amidine groups is 1. The molecule has 0 radical (unpaired) electrons. The summed E-state index contributed by atoms with van der Waals surface area (Å²) < 4.78 is 5.52. The second-order valence-corrected chi connectivity index (χ2v) is 7.29. The number of thioether (sulfide) groups is 1. The van der Waals surface area contributed by atoms with Crippen LogP contribution >= 0.6 is 11.8 Å². The Balaban J connectivity index is 1.61. The largest absolute Gasteiger partial charge is 0.450 e. The maximum atomic E-state index is 11.2. The molecule has 32 heavy (non-hydrogen) atoms. The number of nitro groups is 2. The van der Waals surface area contributed by atoms with Crippen LogP contribution in [0.2, 0.25) is 0 Å². The third kappa shape index (κ3) is 6.37. The molecule has 0 aromatic heterocycles. The van der Waals surface area contributed by atoms with E-state index in [1.165, 1.54) is 24.0 Å². The van der Waals surface area contributed by atoms with E-state index < -0.39 is 21.2 Å². The smallest absolute Gasteiger partial charge is 0.318 e. The molecule has 3 aromatic carbocycles. The second-order valence-electron chi connectivity index (χ2n) is 6.29. The van der Waals surface area contributed by atoms with Gasteiger partial charge < -0.3 is 10.5 Å². The van der Waals surface area contributed by atoms with Crippen LogP contribution in [0, 0.1) is 20.2 Å². The monoisotopic (exact) mass is 451 g/mol. The molecule has 0 saturated heterocycles. The van der Waals surface area contributed by atoms with Crippen molar-refractivity contribution in [2.24, 2.45) is 15.9 Å². The first kappa shape index (κ1) is 22.4. The van der Waals surface area contributed by atoms with Crippen molar-refractivity contribution in [2.45, 2.75) is 5.75 Å². The van der Waals surface area contributed by atoms with Gasteiger partial charge in [-0.15, -0.1) is 5.10 Å². The maximum absolute atomic E-state index is 11.2. The minimum absolute atomic E-state index is 0.102. The molecule has 0 spiro atoms. The zero-order valence-electron chi connectivity index (χ0n) is 16.5. The number of nitrogens with zero attached hydrogens (tertiary/aromatic N) is 4. The zero-order valence-corrected chi connectivity index (χ0v) is 17.3. The van der Waals surface area contributed by atoms with Crippen molar-refractivity contribution in [3.8, 4) is 11.5 Å². The van der Waals surface area contributed by atoms with Gasteiger partial charge in [-0.2, -0.15) is 5.10 Å². The molecule has 0 amide bonds. The van der Waals surface area contributed by atoms with Crippen LogP contribution in [0.25, 0.3) is 0 Å². The number of ether oxygens (including phenoxy) is 1. The second kappa shape index (κ2) is 10.7. The Morgan fingerprint density at radius 1 is 1.00 bits per heavy atom. The minimum Gasteiger partial charge on any atom is -0.450 e. The van der Waals surface area contributed by atoms with Gasteiger partial charge in [0.05, 0.1) is 22.1 Å². The summed E-state index contributed by atoms with van der Waals surface area (Å²) in [5.74, 6) is 0.905. The molecule has 0 fully saturated rings. The summed E-state index contributed by atoms with van der Waals surface area (Å²) >= 11 is 1.37. The average Bonchev–Trinajstić information content (AvgIpc) is 2.79. The predicted molar refractivity (Wildman–Crippen MR) is 123 cm³/mol. The van der Waals surface area contributed by atoms with E-state index >= 15 is 0 Å². The van der Waals surface area contributed by atoms with Gasteiger partial charge in [0.15, 0.2) is 5.17 Å². The Hall–Kier alpha value is -4.25. The minimum atomic E-state index is -0.735. The number of nitrogens with two attached hydrogens (primary N) is 1. The van der Waals surface area contributed by atoms with Gasteiger partial charge in [-0.3, -0.25) is 20.2 Å². The molecular weight excluding hydrogens is 434 g/mol. The fraction of sp³-hybridized carbons (Fsp3) is 0.0476. The predicted octanol–water partition coefficient (Wildman–Crippen LogP) is 4.88. The van der Waals surface area contributed by atoms with Crippen LogP contribution in [0.3, 0.4) is 0 Å². The third-order valence-corrected chi connectivity index (χ3v) is 4.91. The third-order valence-electron chi connectivity index (χ3n) is 4.05. The molecule has 0 aliphatic rings. The van der Waals surface area contributed by atoms with E-state index in [9.17, 15) is 20.2 Å². The lowest BCUT2D eigenvalue weighted by atomic mass is 10.2. The molecule has 162 valence electrons. The number of hydrogen-bond donors (Lipinski definition) is 1. The van der Waals surface area contributed by atoms with Crippen molar-refractivity contribution in [1.82, 2.24) is 0 Å². The molecule has 0 aliphatic carbocycles. The van der Waals surface area contributed by atoms with Crippen molar-refractivity contribution in [1.29, 1.82) is 0 Å². The van der Waals surface area contributed by atoms with Crippen molar-refractivity contribution in [3.05, 3.63) is 104 Å². The van der Waals surface area contributed by atoms with E-state index in [4.69, 9.17) is 10.5 Å². The van der Waals surface area contributed by atoms with Gasteiger partial charge in [0, 0.05) is 11.8 Å². The van der Waals surface area contributed by atoms with E-state index in [0.717, 1.165) is 17.7 Å². The average molecular weight is 451 g/mol. The molecule has 2 N–H and O–H groups in total. The summed E-state index contributed by atoms with van der Waals surface area (Å²) in [6, 6.07) is 19.6. The van der Waals surface area contributed by atoms with Crippen molar-refractivity contribution in [2.75, 3.05) is 0 Å². The molecule has 10 nitrogen and oxygen atoms in total. The van der Waals surface area contributed by atoms with Crippen LogP contribution in [0.4, 0.5) is 11.4 Å². The Kier molecular flexibility index (Phi) is 7.49. The zero-order chi connectivity index (χ0) is 22.9. The van der Waals surface area contributed by atoms with E-state index in [2.05, 4.69) is 10.2 Å². The van der Waals surface area contributed by atoms with Gasteiger partial charge in [-0.1, -0.05) is 42.1 Å². The summed E-state index contributed by atoms with van der Waals surface area (Å²) in [5, 5.41) is 30.3. The maximum Gasteiger partial charge on any atom is 0.318 e. The molecular formula is C21H17N5O5S. The van der Waals surface area contributed by atoms with Crippen molar-refractivity contribution in [3.63, 3.8) is 0 Å². The highest BCUT2D eigenvalue weighted by atomic mass is 32.2. The highest BCUT2D eigenvalue weighted by Crippen LogP contribution is 2.34. The van der Waals surface area contributed by atoms with Crippen LogP contribution in [-0.2, 0) is 5.75 Å². The normalized spacial score (nSPS) is 11.4. The number of hydrogen-bond acceptors (Lipinski definition) is 8. The van der Waals surface area contributed by atoms with E-state index in [-0.39, 0.29) is 5.75 Å². The number of benzene rings is 3. The topological polar surface area (TPSA) is 146 Å². The number of rotatable bonds is 8. The molecule has 0 heterocycles. The highest BCUT2D eigenvalue weighted by Gasteiger charge is 2.21. The Morgan fingerprint density at radius 3 is 2.38 bits per heavy atom. The molecule has 0 aliphatic heterocycles. The van der Waals surface area contributed by atoms with E-state index in [1.54, 1.807) is 24.3 Å². The first-order chi connectivity index (χ1) is 15.4. The molecule has 0 saturated carbocycles. The molecule has 11 heteroatoms. The Morgan fingerprint density at radius 2 is 1.72 bits per heavy atom. The lowest BCUT2D eigenvalue weighted by Gasteiger charge is -2.06. The summed E-state index contributed by atoms with van der Waals surface area (Å²) in [5.41, 5.74) is 6.79. The summed E-state index contributed by atoms with van der Waals surface area (Å²) in [6.07, 6.45) is 1.51. The number of nitro benzene ring substituents is 2. The van der Waals surface area contributed by atoms with Crippen LogP contribution in [0.5, 0.6) is 11.5 Å². The Bertz CT molecular complexity index is 1170. The summed E-state index contributed by atoms with van der Waals surface area (Å²) in [7, 11) is 0. The Labute approximate surface area is 186 Å². The quantitative estimate of drug-likeness (QED) is 0.222. The fourth-order valence-electron chi connectivity index (χ4n) is 2.51. The number of non-ortho nitro benzene ring substituents is 1. The first-order valence-electron chi connectivity index (χ1n) is 9.16. The lowest BCUT2D eigenvalue weighted by molar-refractivity contribution is -0.394. The fourth-order valence-corrected chi connectivity index (χ4v) is 3.12. The highest BCUT2D eigenvalue weighted by molar-refractivity contribution is 8.13. The SMILES string of the molecule is NC(=NN=Cc1ccc(Oc2ccc([N+](=O)[O-])cc2[N+](=O)[O-])cc1)SCc1ccccc1. The molecule has 3 rings (SSSR count). The summed E-state index contributed by atoms with van der Waals surface area (Å²) in [6.45, 7) is 0. The van der Waals surface area contributed by atoms with Crippen LogP contribution in [0.1, 0.15) is 11.1 Å². The van der Waals surface area contributed by atoms with Gasteiger partial charge >= 0.3 is 5.69 Å². The van der Waals surface area contributed by atoms with Gasteiger partial charge in [0.1, 0.15) is 5.75 Å². The molecule has 3 aromatic rings. The van der Waals surface area contributed by atoms with E-state index in [0.29, 0.717) is 22.2 Å². The van der Waals surface area contributed by atoms with Gasteiger partial charge in [-0.25, -0.2) is 0 Å².